The van der Waals surface area contributed by atoms with Crippen LogP contribution in [0, 0.1) is 35.5 Å². The quantitative estimate of drug-likeness (QED) is 0.603. The molecule has 0 bridgehead atoms. The Kier molecular flexibility index (Phi) is 5.46. The van der Waals surface area contributed by atoms with Gasteiger partial charge in [0.05, 0.1) is 35.2 Å². The number of ether oxygens (including phenoxy) is 2. The predicted molar refractivity (Wildman–Crippen MR) is 94.6 cm³/mol. The Morgan fingerprint density at radius 2 is 1.36 bits per heavy atom. The van der Waals surface area contributed by atoms with Gasteiger partial charge in [0.15, 0.2) is 0 Å². The molecule has 0 amide bonds. The zero-order chi connectivity index (χ0) is 17.8. The molecular formula is C20H20O4S. The molecule has 3 rings (SSSR count). The van der Waals surface area contributed by atoms with Gasteiger partial charge in [-0.25, -0.2) is 0 Å². The number of rotatable bonds is 2. The summed E-state index contributed by atoms with van der Waals surface area (Å²) >= 11 is 1.55. The predicted octanol–water partition coefficient (Wildman–Crippen LogP) is 3.13. The molecule has 1 aromatic heterocycles. The molecule has 25 heavy (non-hydrogen) atoms. The molecule has 2 saturated heterocycles. The van der Waals surface area contributed by atoms with Gasteiger partial charge in [0.25, 0.3) is 0 Å². The Balaban J connectivity index is 1.58. The van der Waals surface area contributed by atoms with Crippen molar-refractivity contribution in [2.45, 2.75) is 51.7 Å². The molecule has 0 saturated carbocycles. The fraction of sp³-hybridized carbons (Fsp3) is 0.500. The largest absolute Gasteiger partial charge is 0.462 e. The van der Waals surface area contributed by atoms with Crippen LogP contribution in [0.4, 0.5) is 0 Å². The standard InChI is InChI=1S/C20H20O4S/c1-13-9-15(19(21)23-13)5-3-7-17-11-25-12-18(17)8-4-6-16-10-14(2)24-20(16)22/h11-16H,5-6,9-10H2,1-2H3. The van der Waals surface area contributed by atoms with Crippen LogP contribution in [-0.2, 0) is 19.1 Å². The zero-order valence-corrected chi connectivity index (χ0v) is 15.2. The first-order valence-electron chi connectivity index (χ1n) is 8.48. The Hall–Kier alpha value is -2.24. The van der Waals surface area contributed by atoms with E-state index in [9.17, 15) is 9.59 Å². The number of esters is 2. The van der Waals surface area contributed by atoms with Crippen molar-refractivity contribution in [3.8, 4) is 23.7 Å². The maximum Gasteiger partial charge on any atom is 0.310 e. The third-order valence-electron chi connectivity index (χ3n) is 4.34. The number of carbonyl (C=O) groups is 2. The fourth-order valence-electron chi connectivity index (χ4n) is 3.04. The highest BCUT2D eigenvalue weighted by Crippen LogP contribution is 2.24. The van der Waals surface area contributed by atoms with Crippen LogP contribution in [0.3, 0.4) is 0 Å². The van der Waals surface area contributed by atoms with Crippen LogP contribution in [0.1, 0.15) is 50.7 Å². The Bertz CT molecular complexity index is 721. The minimum absolute atomic E-state index is 0.00753. The van der Waals surface area contributed by atoms with Crippen molar-refractivity contribution in [2.24, 2.45) is 11.8 Å². The van der Waals surface area contributed by atoms with Crippen molar-refractivity contribution in [3.63, 3.8) is 0 Å². The van der Waals surface area contributed by atoms with Gasteiger partial charge in [-0.1, -0.05) is 23.7 Å². The molecule has 130 valence electrons. The van der Waals surface area contributed by atoms with E-state index in [0.29, 0.717) is 12.8 Å². The lowest BCUT2D eigenvalue weighted by Gasteiger charge is -1.97. The molecule has 0 spiro atoms. The van der Waals surface area contributed by atoms with E-state index in [1.807, 2.05) is 24.6 Å². The summed E-state index contributed by atoms with van der Waals surface area (Å²) < 4.78 is 10.3. The summed E-state index contributed by atoms with van der Waals surface area (Å²) in [7, 11) is 0. The van der Waals surface area contributed by atoms with Crippen LogP contribution in [0.25, 0.3) is 0 Å². The van der Waals surface area contributed by atoms with E-state index >= 15 is 0 Å². The highest BCUT2D eigenvalue weighted by atomic mass is 32.1. The molecule has 1 aromatic rings. The van der Waals surface area contributed by atoms with E-state index in [0.717, 1.165) is 24.0 Å². The van der Waals surface area contributed by atoms with Crippen LogP contribution in [-0.4, -0.2) is 24.1 Å². The Morgan fingerprint density at radius 3 is 1.72 bits per heavy atom. The molecule has 5 heteroatoms. The molecule has 0 aromatic carbocycles. The minimum atomic E-state index is -0.148. The molecule has 3 heterocycles. The first-order chi connectivity index (χ1) is 12.0. The van der Waals surface area contributed by atoms with E-state index < -0.39 is 0 Å². The van der Waals surface area contributed by atoms with Crippen molar-refractivity contribution in [3.05, 3.63) is 21.9 Å². The smallest absolute Gasteiger partial charge is 0.310 e. The summed E-state index contributed by atoms with van der Waals surface area (Å²) in [5, 5.41) is 3.91. The average Bonchev–Trinajstić information content (AvgIpc) is 3.21. The van der Waals surface area contributed by atoms with Crippen LogP contribution >= 0.6 is 11.3 Å². The van der Waals surface area contributed by atoms with Crippen LogP contribution in [0.5, 0.6) is 0 Å². The summed E-state index contributed by atoms with van der Waals surface area (Å²) in [6.45, 7) is 3.80. The van der Waals surface area contributed by atoms with Crippen LogP contribution in [0.15, 0.2) is 10.8 Å². The number of carbonyl (C=O) groups excluding carboxylic acids is 2. The van der Waals surface area contributed by atoms with E-state index in [-0.39, 0.29) is 36.0 Å². The molecule has 0 aliphatic carbocycles. The molecule has 4 nitrogen and oxygen atoms in total. The van der Waals surface area contributed by atoms with E-state index in [1.54, 1.807) is 11.3 Å². The Labute approximate surface area is 151 Å². The lowest BCUT2D eigenvalue weighted by Crippen LogP contribution is -2.06. The molecule has 2 fully saturated rings. The molecule has 2 aliphatic rings. The van der Waals surface area contributed by atoms with Gasteiger partial charge >= 0.3 is 11.9 Å². The lowest BCUT2D eigenvalue weighted by atomic mass is 10.0. The Morgan fingerprint density at radius 1 is 0.920 bits per heavy atom. The van der Waals surface area contributed by atoms with Gasteiger partial charge in [-0.05, 0) is 26.7 Å². The second kappa shape index (κ2) is 7.76. The maximum atomic E-state index is 11.6. The zero-order valence-electron chi connectivity index (χ0n) is 14.3. The third-order valence-corrected chi connectivity index (χ3v) is 5.08. The maximum absolute atomic E-state index is 11.6. The van der Waals surface area contributed by atoms with Crippen molar-refractivity contribution in [2.75, 3.05) is 0 Å². The molecule has 4 atom stereocenters. The first kappa shape index (κ1) is 17.6. The van der Waals surface area contributed by atoms with Crippen molar-refractivity contribution in [1.29, 1.82) is 0 Å². The number of hydrogen-bond acceptors (Lipinski definition) is 5. The second-order valence-electron chi connectivity index (χ2n) is 6.57. The summed E-state index contributed by atoms with van der Waals surface area (Å²) in [5.41, 5.74) is 1.75. The molecule has 0 N–H and O–H groups in total. The fourth-order valence-corrected chi connectivity index (χ4v) is 3.75. The van der Waals surface area contributed by atoms with Gasteiger partial charge in [-0.3, -0.25) is 9.59 Å². The second-order valence-corrected chi connectivity index (χ2v) is 7.31. The van der Waals surface area contributed by atoms with E-state index in [2.05, 4.69) is 23.7 Å². The normalized spacial score (nSPS) is 27.8. The molecule has 0 radical (unpaired) electrons. The van der Waals surface area contributed by atoms with Crippen molar-refractivity contribution in [1.82, 2.24) is 0 Å². The topological polar surface area (TPSA) is 52.6 Å². The van der Waals surface area contributed by atoms with Crippen LogP contribution in [0.2, 0.25) is 0 Å². The summed E-state index contributed by atoms with van der Waals surface area (Å²) in [6, 6.07) is 0. The van der Waals surface area contributed by atoms with Gasteiger partial charge in [-0.2, -0.15) is 0 Å². The monoisotopic (exact) mass is 356 g/mol. The number of thiophene rings is 1. The highest BCUT2D eigenvalue weighted by Gasteiger charge is 2.31. The summed E-state index contributed by atoms with van der Waals surface area (Å²) in [6.07, 6.45) is 2.48. The average molecular weight is 356 g/mol. The number of hydrogen-bond donors (Lipinski definition) is 0. The van der Waals surface area contributed by atoms with Crippen molar-refractivity contribution < 1.29 is 19.1 Å². The van der Waals surface area contributed by atoms with E-state index in [1.165, 1.54) is 0 Å². The van der Waals surface area contributed by atoms with Gasteiger partial charge in [0.2, 0.25) is 0 Å². The van der Waals surface area contributed by atoms with Gasteiger partial charge in [0.1, 0.15) is 0 Å². The summed E-state index contributed by atoms with van der Waals surface area (Å²) in [4.78, 5) is 23.2. The first-order valence-corrected chi connectivity index (χ1v) is 9.42. The minimum Gasteiger partial charge on any atom is -0.462 e. The molecular weight excluding hydrogens is 336 g/mol. The van der Waals surface area contributed by atoms with Crippen molar-refractivity contribution >= 4 is 23.3 Å². The highest BCUT2D eigenvalue weighted by molar-refractivity contribution is 7.08. The number of cyclic esters (lactones) is 2. The SMILES string of the molecule is CC1CC(CC#Cc2cscc2C#CCC2CC(C)OC2=O)C(=O)O1. The molecule has 2 aliphatic heterocycles. The third kappa shape index (κ3) is 4.44. The van der Waals surface area contributed by atoms with Gasteiger partial charge < -0.3 is 9.47 Å². The van der Waals surface area contributed by atoms with E-state index in [4.69, 9.17) is 9.47 Å². The molecule has 4 unspecified atom stereocenters. The van der Waals surface area contributed by atoms with Crippen LogP contribution < -0.4 is 0 Å². The summed E-state index contributed by atoms with van der Waals surface area (Å²) in [5.74, 6) is 11.8. The van der Waals surface area contributed by atoms with Gasteiger partial charge in [0, 0.05) is 23.6 Å². The van der Waals surface area contributed by atoms with Gasteiger partial charge in [-0.15, -0.1) is 11.3 Å². The lowest BCUT2D eigenvalue weighted by molar-refractivity contribution is -0.144.